The van der Waals surface area contributed by atoms with Crippen molar-refractivity contribution in [2.24, 2.45) is 0 Å². The van der Waals surface area contributed by atoms with Crippen LogP contribution in [0.15, 0.2) is 54.7 Å². The van der Waals surface area contributed by atoms with Crippen molar-refractivity contribution >= 4 is 17.7 Å². The standard InChI is InChI=1S/C32H43N7O/c1-23(2)36-37-29-15-7-6-14-28-31(29)27(32(40)39(5)22-26-13-8-9-16-34-26)20-30(35-28)25-12-10-11-24(19-25)21-38(4)18-17-33-3/h8-14,16,19-20,23,33,36-37H,6-7,15,17-18,21-22H2,1-5H3. The molecule has 1 amide bonds. The maximum atomic E-state index is 14.1. The first kappa shape index (κ1) is 29.4. The number of likely N-dealkylation sites (N-methyl/N-ethyl adjacent to an activating group) is 2. The molecule has 0 aliphatic heterocycles. The number of rotatable bonds is 12. The number of carbonyl (C=O) groups excluding carboxylic acids is 1. The smallest absolute Gasteiger partial charge is 0.254 e. The van der Waals surface area contributed by atoms with Crippen LogP contribution in [0.25, 0.3) is 23.0 Å². The van der Waals surface area contributed by atoms with E-state index in [1.165, 1.54) is 5.56 Å². The topological polar surface area (TPSA) is 85.4 Å². The highest BCUT2D eigenvalue weighted by molar-refractivity contribution is 5.96. The Morgan fingerprint density at radius 1 is 1.07 bits per heavy atom. The monoisotopic (exact) mass is 541 g/mol. The Morgan fingerprint density at radius 3 is 2.67 bits per heavy atom. The van der Waals surface area contributed by atoms with Crippen LogP contribution in [0.1, 0.15) is 54.7 Å². The van der Waals surface area contributed by atoms with E-state index in [2.05, 4.69) is 77.3 Å². The van der Waals surface area contributed by atoms with Crippen LogP contribution in [0.5, 0.6) is 0 Å². The average Bonchev–Trinajstić information content (AvgIpc) is 3.17. The molecule has 0 radical (unpaired) electrons. The van der Waals surface area contributed by atoms with Gasteiger partial charge in [-0.1, -0.05) is 30.3 Å². The molecule has 0 atom stereocenters. The van der Waals surface area contributed by atoms with E-state index in [-0.39, 0.29) is 11.9 Å². The molecule has 1 aliphatic rings. The number of nitrogens with one attached hydrogen (secondary N) is 3. The molecule has 8 nitrogen and oxygen atoms in total. The lowest BCUT2D eigenvalue weighted by Crippen LogP contribution is -2.45. The second kappa shape index (κ2) is 14.2. The zero-order valence-electron chi connectivity index (χ0n) is 24.5. The lowest BCUT2D eigenvalue weighted by atomic mass is 10.0. The number of aromatic nitrogens is 2. The molecule has 2 heterocycles. The van der Waals surface area contributed by atoms with Crippen LogP contribution < -0.4 is 26.7 Å². The summed E-state index contributed by atoms with van der Waals surface area (Å²) in [4.78, 5) is 27.7. The molecule has 8 heteroatoms. The lowest BCUT2D eigenvalue weighted by Gasteiger charge is -2.20. The van der Waals surface area contributed by atoms with Gasteiger partial charge in [0.25, 0.3) is 5.91 Å². The number of pyridine rings is 2. The van der Waals surface area contributed by atoms with Crippen molar-refractivity contribution in [1.82, 2.24) is 35.9 Å². The quantitative estimate of drug-likeness (QED) is 0.304. The lowest BCUT2D eigenvalue weighted by molar-refractivity contribution is 0.0782. The summed E-state index contributed by atoms with van der Waals surface area (Å²) in [6.07, 6.45) is 6.66. The van der Waals surface area contributed by atoms with Gasteiger partial charge in [-0.2, -0.15) is 0 Å². The number of hydrogen-bond acceptors (Lipinski definition) is 7. The molecule has 0 bridgehead atoms. The van der Waals surface area contributed by atoms with Crippen molar-refractivity contribution in [2.75, 3.05) is 34.2 Å². The molecule has 40 heavy (non-hydrogen) atoms. The fourth-order valence-electron chi connectivity index (χ4n) is 4.88. The molecule has 1 aromatic carbocycles. The van der Waals surface area contributed by atoms with Gasteiger partial charge in [0.15, 0.2) is 0 Å². The Hall–Kier alpha value is -3.59. The molecule has 0 spiro atoms. The van der Waals surface area contributed by atoms with Crippen LogP contribution in [-0.2, 0) is 13.1 Å². The molecule has 0 unspecified atom stereocenters. The van der Waals surface area contributed by atoms with E-state index in [9.17, 15) is 4.79 Å². The zero-order valence-corrected chi connectivity index (χ0v) is 24.5. The fraction of sp³-hybridized carbons (Fsp3) is 0.406. The molecule has 2 aromatic heterocycles. The summed E-state index contributed by atoms with van der Waals surface area (Å²) < 4.78 is 0. The van der Waals surface area contributed by atoms with Crippen LogP contribution in [0.2, 0.25) is 0 Å². The highest BCUT2D eigenvalue weighted by Crippen LogP contribution is 2.20. The summed E-state index contributed by atoms with van der Waals surface area (Å²) in [5, 5.41) is 4.95. The summed E-state index contributed by atoms with van der Waals surface area (Å²) in [6.45, 7) is 7.35. The summed E-state index contributed by atoms with van der Waals surface area (Å²) in [7, 11) is 5.94. The van der Waals surface area contributed by atoms with Gasteiger partial charge in [0.1, 0.15) is 0 Å². The molecule has 0 saturated heterocycles. The van der Waals surface area contributed by atoms with Gasteiger partial charge in [-0.05, 0) is 77.0 Å². The summed E-state index contributed by atoms with van der Waals surface area (Å²) in [5.41, 5.74) is 12.3. The van der Waals surface area contributed by atoms with Gasteiger partial charge in [0, 0.05) is 55.4 Å². The highest BCUT2D eigenvalue weighted by Gasteiger charge is 2.20. The van der Waals surface area contributed by atoms with Crippen molar-refractivity contribution < 1.29 is 4.79 Å². The molecular weight excluding hydrogens is 498 g/mol. The van der Waals surface area contributed by atoms with E-state index in [1.807, 2.05) is 38.4 Å². The van der Waals surface area contributed by atoms with Gasteiger partial charge < -0.3 is 20.5 Å². The van der Waals surface area contributed by atoms with Gasteiger partial charge >= 0.3 is 0 Å². The maximum absolute atomic E-state index is 14.1. The fourth-order valence-corrected chi connectivity index (χ4v) is 4.88. The zero-order chi connectivity index (χ0) is 28.5. The number of carbonyl (C=O) groups is 1. The van der Waals surface area contributed by atoms with Crippen LogP contribution in [0.3, 0.4) is 0 Å². The number of amides is 1. The second-order valence-electron chi connectivity index (χ2n) is 10.8. The van der Waals surface area contributed by atoms with Crippen molar-refractivity contribution in [3.8, 4) is 11.3 Å². The summed E-state index contributed by atoms with van der Waals surface area (Å²) in [6, 6.07) is 16.5. The first-order chi connectivity index (χ1) is 19.4. The first-order valence-corrected chi connectivity index (χ1v) is 14.2. The number of fused-ring (bicyclic) bond motifs is 1. The maximum Gasteiger partial charge on any atom is 0.254 e. The van der Waals surface area contributed by atoms with Gasteiger partial charge in [0.05, 0.1) is 28.8 Å². The molecule has 212 valence electrons. The summed E-state index contributed by atoms with van der Waals surface area (Å²) >= 11 is 0. The Kier molecular flexibility index (Phi) is 10.4. The van der Waals surface area contributed by atoms with Crippen LogP contribution in [0, 0.1) is 0 Å². The minimum Gasteiger partial charge on any atom is -0.336 e. The van der Waals surface area contributed by atoms with Crippen molar-refractivity contribution in [3.63, 3.8) is 0 Å². The van der Waals surface area contributed by atoms with Gasteiger partial charge in [-0.25, -0.2) is 10.4 Å². The normalized spacial score (nSPS) is 13.1. The largest absolute Gasteiger partial charge is 0.336 e. The third-order valence-corrected chi connectivity index (χ3v) is 6.95. The van der Waals surface area contributed by atoms with Crippen molar-refractivity contribution in [1.29, 1.82) is 0 Å². The van der Waals surface area contributed by atoms with Crippen molar-refractivity contribution in [2.45, 2.75) is 52.2 Å². The average molecular weight is 542 g/mol. The van der Waals surface area contributed by atoms with Gasteiger partial charge in [0.2, 0.25) is 0 Å². The van der Waals surface area contributed by atoms with E-state index in [1.54, 1.807) is 11.1 Å². The van der Waals surface area contributed by atoms with Crippen LogP contribution >= 0.6 is 0 Å². The Bertz CT molecular complexity index is 1400. The SMILES string of the molecule is CNCCN(C)Cc1cccc(-c2cc(C(=O)N(C)Cc3ccccn3)c3c(n2)=CCCCC=3NNC(C)C)c1. The molecule has 3 aromatic rings. The second-order valence-corrected chi connectivity index (χ2v) is 10.8. The Balaban J connectivity index is 1.80. The van der Waals surface area contributed by atoms with Crippen molar-refractivity contribution in [3.05, 3.63) is 82.1 Å². The van der Waals surface area contributed by atoms with E-state index < -0.39 is 0 Å². The Morgan fingerprint density at radius 2 is 1.93 bits per heavy atom. The number of hydrazine groups is 1. The molecule has 0 saturated carbocycles. The molecule has 1 aliphatic carbocycles. The molecular formula is C32H43N7O. The summed E-state index contributed by atoms with van der Waals surface area (Å²) in [5.74, 6) is -0.0485. The van der Waals surface area contributed by atoms with Crippen LogP contribution in [0.4, 0.5) is 0 Å². The van der Waals surface area contributed by atoms with Gasteiger partial charge in [-0.15, -0.1) is 0 Å². The number of hydrogen-bond donors (Lipinski definition) is 3. The minimum atomic E-state index is -0.0485. The van der Waals surface area contributed by atoms with E-state index in [0.29, 0.717) is 12.1 Å². The first-order valence-electron chi connectivity index (χ1n) is 14.2. The Labute approximate surface area is 238 Å². The van der Waals surface area contributed by atoms with E-state index in [4.69, 9.17) is 4.98 Å². The molecule has 3 N–H and O–H groups in total. The van der Waals surface area contributed by atoms with Crippen LogP contribution in [-0.4, -0.2) is 65.9 Å². The molecule has 0 fully saturated rings. The van der Waals surface area contributed by atoms with E-state index >= 15 is 0 Å². The minimum absolute atomic E-state index is 0.0485. The predicted octanol–water partition coefficient (Wildman–Crippen LogP) is 2.64. The third-order valence-electron chi connectivity index (χ3n) is 6.95. The predicted molar refractivity (Wildman–Crippen MR) is 162 cm³/mol. The number of nitrogens with zero attached hydrogens (tertiary/aromatic N) is 4. The van der Waals surface area contributed by atoms with E-state index in [0.717, 1.165) is 72.1 Å². The highest BCUT2D eigenvalue weighted by atomic mass is 16.2. The number of benzene rings is 1. The van der Waals surface area contributed by atoms with Gasteiger partial charge in [-0.3, -0.25) is 9.78 Å². The molecule has 4 rings (SSSR count). The third kappa shape index (κ3) is 7.75.